The fraction of sp³-hybridized carbons (Fsp3) is 0.133. The molecule has 0 spiro atoms. The van der Waals surface area contributed by atoms with Crippen LogP contribution in [-0.2, 0) is 0 Å². The number of halogens is 1. The number of nitrogens with zero attached hydrogens (tertiary/aromatic N) is 1. The summed E-state index contributed by atoms with van der Waals surface area (Å²) in [5.41, 5.74) is 3.01. The molecule has 0 bridgehead atoms. The topological polar surface area (TPSA) is 37.5 Å². The average molecular weight is 275 g/mol. The van der Waals surface area contributed by atoms with Gasteiger partial charge in [-0.15, -0.1) is 12.4 Å². The summed E-state index contributed by atoms with van der Waals surface area (Å²) >= 11 is 0. The van der Waals surface area contributed by atoms with E-state index in [1.807, 2.05) is 37.4 Å². The molecule has 0 fully saturated rings. The van der Waals surface area contributed by atoms with E-state index >= 15 is 0 Å². The van der Waals surface area contributed by atoms with Crippen molar-refractivity contribution in [3.05, 3.63) is 47.8 Å². The lowest BCUT2D eigenvalue weighted by Gasteiger charge is -2.08. The maximum absolute atomic E-state index is 5.93. The van der Waals surface area contributed by atoms with Crippen LogP contribution in [0.4, 0.5) is 5.69 Å². The molecule has 0 saturated carbocycles. The van der Waals surface area contributed by atoms with E-state index in [1.165, 1.54) is 0 Å². The molecule has 3 nitrogen and oxygen atoms in total. The van der Waals surface area contributed by atoms with Gasteiger partial charge in [-0.05, 0) is 30.3 Å². The fourth-order valence-corrected chi connectivity index (χ4v) is 2.05. The molecular weight excluding hydrogens is 260 g/mol. The monoisotopic (exact) mass is 274 g/mol. The number of fused-ring (bicyclic) bond motifs is 2. The van der Waals surface area contributed by atoms with Crippen molar-refractivity contribution in [3.8, 4) is 11.3 Å². The van der Waals surface area contributed by atoms with Gasteiger partial charge < -0.3 is 9.73 Å². The van der Waals surface area contributed by atoms with Crippen molar-refractivity contribution in [3.63, 3.8) is 0 Å². The number of hydrogen-bond donors (Lipinski definition) is 1. The Morgan fingerprint density at radius 2 is 1.89 bits per heavy atom. The Morgan fingerprint density at radius 1 is 1.05 bits per heavy atom. The van der Waals surface area contributed by atoms with Gasteiger partial charge in [-0.25, -0.2) is 0 Å². The van der Waals surface area contributed by atoms with Crippen LogP contribution in [0.15, 0.2) is 51.9 Å². The van der Waals surface area contributed by atoms with Gasteiger partial charge in [-0.2, -0.15) is 0 Å². The third-order valence-corrected chi connectivity index (χ3v) is 3.09. The summed E-state index contributed by atoms with van der Waals surface area (Å²) in [6.07, 6.45) is 0. The van der Waals surface area contributed by atoms with Crippen LogP contribution in [-0.4, -0.2) is 14.1 Å². The first-order chi connectivity index (χ1) is 8.80. The lowest BCUT2D eigenvalue weighted by atomic mass is 10.1. The number of rotatable bonds is 1. The Morgan fingerprint density at radius 3 is 2.63 bits per heavy atom. The highest BCUT2D eigenvalue weighted by molar-refractivity contribution is 5.85. The van der Waals surface area contributed by atoms with Crippen LogP contribution in [0.5, 0.6) is 0 Å². The van der Waals surface area contributed by atoms with Crippen LogP contribution in [0.2, 0.25) is 0 Å². The summed E-state index contributed by atoms with van der Waals surface area (Å²) < 4.78 is 5.93. The van der Waals surface area contributed by atoms with Gasteiger partial charge in [0.05, 0.1) is 5.36 Å². The zero-order chi connectivity index (χ0) is 12.5. The van der Waals surface area contributed by atoms with Crippen molar-refractivity contribution in [2.45, 2.75) is 0 Å². The van der Waals surface area contributed by atoms with Crippen LogP contribution in [0, 0.1) is 0 Å². The quantitative estimate of drug-likeness (QED) is 0.689. The molecule has 0 unspecified atom stereocenters. The summed E-state index contributed by atoms with van der Waals surface area (Å²) in [4.78, 5) is 4.16. The first-order valence-electron chi connectivity index (χ1n) is 5.88. The van der Waals surface area contributed by atoms with Crippen LogP contribution >= 0.6 is 12.4 Å². The van der Waals surface area contributed by atoms with E-state index in [4.69, 9.17) is 4.42 Å². The molecule has 4 heteroatoms. The van der Waals surface area contributed by atoms with Gasteiger partial charge in [0.15, 0.2) is 0 Å². The SMILES string of the molecule is CN=c1ccc2cc3ccc(NC)cc3oc-2c1.Cl. The first-order valence-corrected chi connectivity index (χ1v) is 5.88. The van der Waals surface area contributed by atoms with Gasteiger partial charge in [0.1, 0.15) is 11.3 Å². The molecule has 1 aliphatic heterocycles. The maximum atomic E-state index is 5.93. The van der Waals surface area contributed by atoms with Crippen LogP contribution in [0.1, 0.15) is 0 Å². The number of benzene rings is 2. The summed E-state index contributed by atoms with van der Waals surface area (Å²) in [7, 11) is 3.68. The average Bonchev–Trinajstić information content (AvgIpc) is 2.43. The number of hydrogen-bond acceptors (Lipinski definition) is 3. The van der Waals surface area contributed by atoms with E-state index in [1.54, 1.807) is 7.05 Å². The zero-order valence-electron chi connectivity index (χ0n) is 10.8. The van der Waals surface area contributed by atoms with Crippen molar-refractivity contribution >= 4 is 29.1 Å². The Labute approximate surface area is 117 Å². The van der Waals surface area contributed by atoms with Crippen LogP contribution < -0.4 is 10.7 Å². The molecule has 0 aromatic heterocycles. The van der Waals surface area contributed by atoms with Gasteiger partial charge in [-0.1, -0.05) is 0 Å². The third-order valence-electron chi connectivity index (χ3n) is 3.09. The molecule has 1 N–H and O–H groups in total. The predicted molar refractivity (Wildman–Crippen MR) is 81.1 cm³/mol. The van der Waals surface area contributed by atoms with Gasteiger partial charge in [-0.3, -0.25) is 4.99 Å². The number of anilines is 1. The maximum Gasteiger partial charge on any atom is 0.136 e. The highest BCUT2D eigenvalue weighted by Crippen LogP contribution is 2.28. The number of nitrogens with one attached hydrogen (secondary N) is 1. The fourth-order valence-electron chi connectivity index (χ4n) is 2.05. The van der Waals surface area contributed by atoms with Crippen LogP contribution in [0.25, 0.3) is 22.3 Å². The second-order valence-corrected chi connectivity index (χ2v) is 4.19. The molecule has 0 amide bonds. The molecule has 3 rings (SSSR count). The molecule has 0 atom stereocenters. The van der Waals surface area contributed by atoms with E-state index in [-0.39, 0.29) is 12.4 Å². The summed E-state index contributed by atoms with van der Waals surface area (Å²) in [6, 6.07) is 14.2. The summed E-state index contributed by atoms with van der Waals surface area (Å²) in [5.74, 6) is 0.860. The van der Waals surface area contributed by atoms with Crippen molar-refractivity contribution in [1.82, 2.24) is 0 Å². The highest BCUT2D eigenvalue weighted by Gasteiger charge is 2.06. The minimum atomic E-state index is 0. The Balaban J connectivity index is 0.00000133. The van der Waals surface area contributed by atoms with Gasteiger partial charge in [0.2, 0.25) is 0 Å². The minimum Gasteiger partial charge on any atom is -0.456 e. The second-order valence-electron chi connectivity index (χ2n) is 4.19. The van der Waals surface area contributed by atoms with Crippen LogP contribution in [0.3, 0.4) is 0 Å². The molecule has 1 aromatic rings. The van der Waals surface area contributed by atoms with Crippen molar-refractivity contribution < 1.29 is 4.42 Å². The second kappa shape index (κ2) is 5.33. The smallest absolute Gasteiger partial charge is 0.136 e. The van der Waals surface area contributed by atoms with Gasteiger partial charge >= 0.3 is 0 Å². The highest BCUT2D eigenvalue weighted by atomic mass is 35.5. The molecule has 0 saturated heterocycles. The minimum absolute atomic E-state index is 0. The third kappa shape index (κ3) is 2.42. The molecule has 2 aliphatic rings. The Hall–Kier alpha value is -2.00. The van der Waals surface area contributed by atoms with E-state index in [9.17, 15) is 0 Å². The molecule has 0 radical (unpaired) electrons. The largest absolute Gasteiger partial charge is 0.456 e. The first kappa shape index (κ1) is 13.4. The lowest BCUT2D eigenvalue weighted by Crippen LogP contribution is -2.00. The van der Waals surface area contributed by atoms with E-state index in [0.29, 0.717) is 0 Å². The molecule has 19 heavy (non-hydrogen) atoms. The van der Waals surface area contributed by atoms with Crippen molar-refractivity contribution in [2.75, 3.05) is 19.4 Å². The normalized spacial score (nSPS) is 11.6. The van der Waals surface area contributed by atoms with E-state index in [2.05, 4.69) is 22.4 Å². The van der Waals surface area contributed by atoms with Crippen molar-refractivity contribution in [1.29, 1.82) is 0 Å². The van der Waals surface area contributed by atoms with Crippen molar-refractivity contribution in [2.24, 2.45) is 4.99 Å². The van der Waals surface area contributed by atoms with E-state index in [0.717, 1.165) is 33.3 Å². The molecule has 1 heterocycles. The summed E-state index contributed by atoms with van der Waals surface area (Å²) in [5, 5.41) is 5.14. The molecule has 98 valence electrons. The Bertz CT molecular complexity index is 749. The molecular formula is C15H15ClN2O. The molecule has 1 aromatic carbocycles. The summed E-state index contributed by atoms with van der Waals surface area (Å²) in [6.45, 7) is 0. The predicted octanol–water partition coefficient (Wildman–Crippen LogP) is 3.53. The zero-order valence-corrected chi connectivity index (χ0v) is 11.6. The van der Waals surface area contributed by atoms with Gasteiger partial charge in [0.25, 0.3) is 0 Å². The standard InChI is InChI=1S/C15H14N2O.ClH/c1-16-12-5-3-10-7-11-4-6-13(17-2)9-15(11)18-14(10)8-12;/h3-9,16H,1-2H3;1H. The Kier molecular flexibility index (Phi) is 3.76. The van der Waals surface area contributed by atoms with Gasteiger partial charge in [0, 0.05) is 42.9 Å². The lowest BCUT2D eigenvalue weighted by molar-refractivity contribution is 0.618. The molecule has 1 aliphatic carbocycles. The van der Waals surface area contributed by atoms with E-state index < -0.39 is 0 Å².